The Morgan fingerprint density at radius 1 is 1.17 bits per heavy atom. The van der Waals surface area contributed by atoms with Gasteiger partial charge in [-0.1, -0.05) is 19.6 Å². The van der Waals surface area contributed by atoms with Gasteiger partial charge in [0.05, 0.1) is 17.9 Å². The summed E-state index contributed by atoms with van der Waals surface area (Å²) in [5, 5.41) is 4.25. The van der Waals surface area contributed by atoms with Gasteiger partial charge < -0.3 is 19.3 Å². The lowest BCUT2D eigenvalue weighted by atomic mass is 10.2. The summed E-state index contributed by atoms with van der Waals surface area (Å²) in [5.41, 5.74) is 2.05. The summed E-state index contributed by atoms with van der Waals surface area (Å²) in [4.78, 5) is 26.2. The van der Waals surface area contributed by atoms with Crippen molar-refractivity contribution in [3.05, 3.63) is 41.6 Å². The Morgan fingerprint density at radius 2 is 1.85 bits per heavy atom. The first-order chi connectivity index (χ1) is 19.1. The molecule has 12 heteroatoms. The van der Waals surface area contributed by atoms with Crippen LogP contribution in [0.2, 0.25) is 25.7 Å². The standard InChI is InChI=1S/C29H44FN7O3Si/c1-20-10-11-21(2)37(20)27-32-24(26-23(30)17-31-36(26)19-39-14-15-41(7,8)9)16-25(33-27)35-13-12-22(18-35)34(6)28(38)40-29(3,4)5/h10-11,16-17,22H,12-15,18-19H2,1-9H3/t22-/m1/s1. The molecule has 10 nitrogen and oxygen atoms in total. The van der Waals surface area contributed by atoms with Crippen LogP contribution < -0.4 is 4.90 Å². The zero-order chi connectivity index (χ0) is 30.1. The monoisotopic (exact) mass is 585 g/mol. The highest BCUT2D eigenvalue weighted by atomic mass is 28.3. The van der Waals surface area contributed by atoms with Crippen molar-refractivity contribution in [1.82, 2.24) is 29.2 Å². The number of carbonyl (C=O) groups is 1. The van der Waals surface area contributed by atoms with Crippen LogP contribution in [-0.4, -0.2) is 81.8 Å². The second-order valence-corrected chi connectivity index (χ2v) is 18.7. The van der Waals surface area contributed by atoms with Crippen LogP contribution in [0.5, 0.6) is 0 Å². The van der Waals surface area contributed by atoms with Gasteiger partial charge in [-0.2, -0.15) is 10.1 Å². The Bertz CT molecular complexity index is 1360. The van der Waals surface area contributed by atoms with E-state index < -0.39 is 19.5 Å². The van der Waals surface area contributed by atoms with E-state index in [1.165, 1.54) is 10.9 Å². The first-order valence-corrected chi connectivity index (χ1v) is 17.9. The van der Waals surface area contributed by atoms with Crippen molar-refractivity contribution in [2.75, 3.05) is 31.6 Å². The van der Waals surface area contributed by atoms with Gasteiger partial charge in [-0.15, -0.1) is 0 Å². The van der Waals surface area contributed by atoms with Crippen molar-refractivity contribution in [1.29, 1.82) is 0 Å². The minimum Gasteiger partial charge on any atom is -0.444 e. The largest absolute Gasteiger partial charge is 0.444 e. The van der Waals surface area contributed by atoms with Crippen LogP contribution in [0.15, 0.2) is 24.4 Å². The molecule has 1 atom stereocenters. The van der Waals surface area contributed by atoms with Crippen LogP contribution in [0.1, 0.15) is 38.6 Å². The van der Waals surface area contributed by atoms with Crippen molar-refractivity contribution in [3.63, 3.8) is 0 Å². The molecule has 1 fully saturated rings. The van der Waals surface area contributed by atoms with Crippen molar-refractivity contribution >= 4 is 20.0 Å². The number of ether oxygens (including phenoxy) is 2. The smallest absolute Gasteiger partial charge is 0.410 e. The molecule has 1 aliphatic rings. The molecule has 0 aromatic carbocycles. The molecular formula is C29H44FN7O3Si. The molecule has 3 aromatic heterocycles. The van der Waals surface area contributed by atoms with Crippen molar-refractivity contribution in [2.24, 2.45) is 0 Å². The van der Waals surface area contributed by atoms with Crippen molar-refractivity contribution < 1.29 is 18.7 Å². The Kier molecular flexibility index (Phi) is 8.93. The van der Waals surface area contributed by atoms with Gasteiger partial charge in [0, 0.05) is 52.3 Å². The Hall–Kier alpha value is -3.25. The molecule has 0 radical (unpaired) electrons. The summed E-state index contributed by atoms with van der Waals surface area (Å²) in [6.07, 6.45) is 1.60. The second kappa shape index (κ2) is 11.9. The molecule has 4 rings (SSSR count). The molecule has 0 bridgehead atoms. The normalized spacial score (nSPS) is 16.0. The molecule has 0 spiro atoms. The highest BCUT2D eigenvalue weighted by molar-refractivity contribution is 6.76. The number of hydrogen-bond acceptors (Lipinski definition) is 7. The van der Waals surface area contributed by atoms with E-state index in [-0.39, 0.29) is 24.6 Å². The molecule has 0 saturated carbocycles. The highest BCUT2D eigenvalue weighted by Gasteiger charge is 2.32. The number of aryl methyl sites for hydroxylation is 2. The third-order valence-corrected chi connectivity index (χ3v) is 8.84. The topological polar surface area (TPSA) is 90.5 Å². The predicted molar refractivity (Wildman–Crippen MR) is 161 cm³/mol. The van der Waals surface area contributed by atoms with E-state index >= 15 is 4.39 Å². The second-order valence-electron chi connectivity index (χ2n) is 13.0. The summed E-state index contributed by atoms with van der Waals surface area (Å²) in [6.45, 7) is 18.4. The third kappa shape index (κ3) is 7.53. The number of amides is 1. The zero-order valence-corrected chi connectivity index (χ0v) is 26.9. The van der Waals surface area contributed by atoms with Crippen LogP contribution in [0.3, 0.4) is 0 Å². The van der Waals surface area contributed by atoms with Gasteiger partial charge in [0.15, 0.2) is 5.82 Å². The van der Waals surface area contributed by atoms with E-state index in [0.29, 0.717) is 37.2 Å². The Labute approximate surface area is 243 Å². The van der Waals surface area contributed by atoms with E-state index in [2.05, 4.69) is 29.6 Å². The van der Waals surface area contributed by atoms with E-state index in [4.69, 9.17) is 19.4 Å². The summed E-state index contributed by atoms with van der Waals surface area (Å²) < 4.78 is 30.2. The SMILES string of the molecule is Cc1ccc(C)n1-c1nc(-c2c(F)cnn2COCC[Si](C)(C)C)cc(N2CC[C@@H](N(C)C(=O)OC(C)(C)C)C2)n1. The lowest BCUT2D eigenvalue weighted by Crippen LogP contribution is -2.42. The number of carbonyl (C=O) groups excluding carboxylic acids is 1. The zero-order valence-electron chi connectivity index (χ0n) is 25.9. The van der Waals surface area contributed by atoms with Gasteiger partial charge in [-0.25, -0.2) is 18.9 Å². The number of anilines is 1. The molecule has 0 aliphatic carbocycles. The van der Waals surface area contributed by atoms with Gasteiger partial charge in [0.1, 0.15) is 23.8 Å². The first-order valence-electron chi connectivity index (χ1n) is 14.2. The maximum Gasteiger partial charge on any atom is 0.410 e. The van der Waals surface area contributed by atoms with Gasteiger partial charge in [0.25, 0.3) is 0 Å². The van der Waals surface area contributed by atoms with Crippen molar-refractivity contribution in [3.8, 4) is 17.3 Å². The number of halogens is 1. The van der Waals surface area contributed by atoms with E-state index in [1.807, 2.05) is 51.3 Å². The summed E-state index contributed by atoms with van der Waals surface area (Å²) in [7, 11) is 0.503. The van der Waals surface area contributed by atoms with E-state index in [0.717, 1.165) is 23.9 Å². The lowest BCUT2D eigenvalue weighted by molar-refractivity contribution is 0.0238. The molecule has 224 valence electrons. The summed E-state index contributed by atoms with van der Waals surface area (Å²) >= 11 is 0. The Morgan fingerprint density at radius 3 is 2.49 bits per heavy atom. The number of likely N-dealkylation sites (N-methyl/N-ethyl adjacent to an activating group) is 1. The summed E-state index contributed by atoms with van der Waals surface area (Å²) in [6, 6.07) is 6.76. The third-order valence-electron chi connectivity index (χ3n) is 7.14. The number of aromatic nitrogens is 5. The molecule has 1 saturated heterocycles. The van der Waals surface area contributed by atoms with Crippen LogP contribution >= 0.6 is 0 Å². The number of nitrogens with zero attached hydrogens (tertiary/aromatic N) is 7. The predicted octanol–water partition coefficient (Wildman–Crippen LogP) is 5.64. The van der Waals surface area contributed by atoms with Gasteiger partial charge in [0.2, 0.25) is 5.95 Å². The molecule has 41 heavy (non-hydrogen) atoms. The van der Waals surface area contributed by atoms with Crippen LogP contribution in [0, 0.1) is 19.7 Å². The maximum absolute atomic E-state index is 15.3. The summed E-state index contributed by atoms with van der Waals surface area (Å²) in [5.74, 6) is 0.636. The quantitative estimate of drug-likeness (QED) is 0.237. The fourth-order valence-corrected chi connectivity index (χ4v) is 5.54. The van der Waals surface area contributed by atoms with Crippen LogP contribution in [0.4, 0.5) is 15.0 Å². The molecule has 4 heterocycles. The van der Waals surface area contributed by atoms with Gasteiger partial charge in [-0.3, -0.25) is 4.57 Å². The fraction of sp³-hybridized carbons (Fsp3) is 0.586. The lowest BCUT2D eigenvalue weighted by Gasteiger charge is -2.28. The van der Waals surface area contributed by atoms with Gasteiger partial charge in [-0.05, 0) is 59.2 Å². The Balaban J connectivity index is 1.66. The molecule has 1 aliphatic heterocycles. The van der Waals surface area contributed by atoms with Crippen LogP contribution in [0.25, 0.3) is 17.3 Å². The minimum absolute atomic E-state index is 0.0520. The minimum atomic E-state index is -1.26. The van der Waals surface area contributed by atoms with E-state index in [9.17, 15) is 4.79 Å². The average Bonchev–Trinajstić information content (AvgIpc) is 3.58. The number of hydrogen-bond donors (Lipinski definition) is 0. The highest BCUT2D eigenvalue weighted by Crippen LogP contribution is 2.29. The van der Waals surface area contributed by atoms with Crippen molar-refractivity contribution in [2.45, 2.75) is 85.1 Å². The molecule has 0 N–H and O–H groups in total. The molecular weight excluding hydrogens is 541 g/mol. The van der Waals surface area contributed by atoms with Gasteiger partial charge >= 0.3 is 6.09 Å². The average molecular weight is 586 g/mol. The number of rotatable bonds is 9. The fourth-order valence-electron chi connectivity index (χ4n) is 4.78. The van der Waals surface area contributed by atoms with E-state index in [1.54, 1.807) is 18.0 Å². The van der Waals surface area contributed by atoms with Crippen LogP contribution in [-0.2, 0) is 16.2 Å². The molecule has 3 aromatic rings. The maximum atomic E-state index is 15.3. The molecule has 0 unspecified atom stereocenters. The molecule has 1 amide bonds. The first kappa shape index (κ1) is 30.7.